The number of nitrogens with zero attached hydrogens (tertiary/aromatic N) is 2. The second kappa shape index (κ2) is 2.96. The summed E-state index contributed by atoms with van der Waals surface area (Å²) in [6.07, 6.45) is 0. The maximum Gasteiger partial charge on any atom is 0.182 e. The van der Waals surface area contributed by atoms with Crippen LogP contribution < -0.4 is 5.73 Å². The van der Waals surface area contributed by atoms with Crippen molar-refractivity contribution >= 4 is 26.8 Å². The van der Waals surface area contributed by atoms with Gasteiger partial charge < -0.3 is 5.73 Å². The minimum atomic E-state index is 0.437. The van der Waals surface area contributed by atoms with Crippen LogP contribution in [0.4, 0.5) is 5.13 Å². The molecule has 0 amide bonds. The van der Waals surface area contributed by atoms with Crippen molar-refractivity contribution in [3.63, 3.8) is 0 Å². The summed E-state index contributed by atoms with van der Waals surface area (Å²) in [7, 11) is 0. The Morgan fingerprint density at radius 3 is 2.77 bits per heavy atom. The molecular formula is C9H11N3S. The molecule has 0 aliphatic carbocycles. The molecule has 0 aliphatic heterocycles. The molecule has 2 rings (SSSR count). The van der Waals surface area contributed by atoms with Gasteiger partial charge in [0, 0.05) is 5.69 Å². The van der Waals surface area contributed by atoms with E-state index in [0.717, 1.165) is 16.0 Å². The summed E-state index contributed by atoms with van der Waals surface area (Å²) in [6, 6.07) is 4.07. The van der Waals surface area contributed by atoms with Gasteiger partial charge in [-0.15, -0.1) is 0 Å². The van der Waals surface area contributed by atoms with Crippen molar-refractivity contribution in [1.29, 1.82) is 0 Å². The highest BCUT2D eigenvalue weighted by molar-refractivity contribution is 7.21. The predicted octanol–water partition coefficient (Wildman–Crippen LogP) is 2.40. The van der Waals surface area contributed by atoms with Crippen LogP contribution in [0.25, 0.3) is 10.3 Å². The van der Waals surface area contributed by atoms with Gasteiger partial charge in [-0.25, -0.2) is 9.97 Å². The van der Waals surface area contributed by atoms with Crippen LogP contribution in [0.3, 0.4) is 0 Å². The highest BCUT2D eigenvalue weighted by Crippen LogP contribution is 2.23. The summed E-state index contributed by atoms with van der Waals surface area (Å²) >= 11 is 1.48. The molecular weight excluding hydrogens is 182 g/mol. The molecule has 2 aromatic rings. The van der Waals surface area contributed by atoms with Gasteiger partial charge >= 0.3 is 0 Å². The lowest BCUT2D eigenvalue weighted by molar-refractivity contribution is 0.828. The van der Waals surface area contributed by atoms with E-state index in [2.05, 4.69) is 23.8 Å². The first kappa shape index (κ1) is 8.44. The van der Waals surface area contributed by atoms with Crippen molar-refractivity contribution in [2.75, 3.05) is 5.73 Å². The molecule has 2 N–H and O–H groups in total. The number of hydrogen-bond acceptors (Lipinski definition) is 4. The number of thiazole rings is 1. The van der Waals surface area contributed by atoms with E-state index in [1.54, 1.807) is 0 Å². The topological polar surface area (TPSA) is 51.8 Å². The molecule has 0 saturated carbocycles. The van der Waals surface area contributed by atoms with Crippen molar-refractivity contribution in [3.8, 4) is 0 Å². The van der Waals surface area contributed by atoms with E-state index in [1.165, 1.54) is 11.3 Å². The van der Waals surface area contributed by atoms with Crippen molar-refractivity contribution in [2.24, 2.45) is 0 Å². The Hall–Kier alpha value is -1.16. The van der Waals surface area contributed by atoms with Gasteiger partial charge in [0.05, 0.1) is 4.70 Å². The number of nitrogen functional groups attached to an aromatic ring is 1. The van der Waals surface area contributed by atoms with Gasteiger partial charge in [-0.3, -0.25) is 0 Å². The third-order valence-electron chi connectivity index (χ3n) is 1.88. The monoisotopic (exact) mass is 193 g/mol. The molecule has 4 heteroatoms. The molecule has 0 fully saturated rings. The van der Waals surface area contributed by atoms with Crippen LogP contribution in [0.1, 0.15) is 25.5 Å². The number of pyridine rings is 1. The fourth-order valence-electron chi connectivity index (χ4n) is 1.17. The number of nitrogens with two attached hydrogens (primary N) is 1. The molecule has 0 aliphatic rings. The van der Waals surface area contributed by atoms with Crippen LogP contribution in [-0.4, -0.2) is 9.97 Å². The highest BCUT2D eigenvalue weighted by Gasteiger charge is 2.05. The first-order chi connectivity index (χ1) is 6.16. The second-order valence-corrected chi connectivity index (χ2v) is 4.33. The Bertz CT molecular complexity index is 433. The van der Waals surface area contributed by atoms with Gasteiger partial charge in [-0.2, -0.15) is 0 Å². The lowest BCUT2D eigenvalue weighted by Crippen LogP contribution is -1.91. The zero-order chi connectivity index (χ0) is 9.42. The average molecular weight is 193 g/mol. The molecule has 0 radical (unpaired) electrons. The molecule has 68 valence electrons. The lowest BCUT2D eigenvalue weighted by Gasteiger charge is -2.01. The van der Waals surface area contributed by atoms with E-state index in [-0.39, 0.29) is 0 Å². The third kappa shape index (κ3) is 1.49. The van der Waals surface area contributed by atoms with E-state index in [1.807, 2.05) is 12.1 Å². The number of fused-ring (bicyclic) bond motifs is 1. The van der Waals surface area contributed by atoms with E-state index < -0.39 is 0 Å². The van der Waals surface area contributed by atoms with Gasteiger partial charge in [0.1, 0.15) is 0 Å². The van der Waals surface area contributed by atoms with Crippen molar-refractivity contribution in [2.45, 2.75) is 19.8 Å². The van der Waals surface area contributed by atoms with Crippen molar-refractivity contribution in [1.82, 2.24) is 9.97 Å². The average Bonchev–Trinajstić information content (AvgIpc) is 2.42. The molecule has 3 nitrogen and oxygen atoms in total. The fraction of sp³-hybridized carbons (Fsp3) is 0.333. The van der Waals surface area contributed by atoms with Gasteiger partial charge in [0.15, 0.2) is 10.8 Å². The van der Waals surface area contributed by atoms with E-state index in [0.29, 0.717) is 11.0 Å². The van der Waals surface area contributed by atoms with Gasteiger partial charge in [0.2, 0.25) is 0 Å². The van der Waals surface area contributed by atoms with Crippen LogP contribution in [0.5, 0.6) is 0 Å². The molecule has 0 atom stereocenters. The lowest BCUT2D eigenvalue weighted by atomic mass is 10.1. The molecule has 0 spiro atoms. The first-order valence-corrected chi connectivity index (χ1v) is 5.01. The Balaban J connectivity index is 2.61. The van der Waals surface area contributed by atoms with E-state index >= 15 is 0 Å². The van der Waals surface area contributed by atoms with E-state index in [9.17, 15) is 0 Å². The van der Waals surface area contributed by atoms with Crippen molar-refractivity contribution < 1.29 is 0 Å². The van der Waals surface area contributed by atoms with Crippen LogP contribution >= 0.6 is 11.3 Å². The summed E-state index contributed by atoms with van der Waals surface area (Å²) in [5.41, 5.74) is 7.42. The van der Waals surface area contributed by atoms with Crippen LogP contribution in [0, 0.1) is 0 Å². The Morgan fingerprint density at radius 1 is 1.31 bits per heavy atom. The number of anilines is 1. The SMILES string of the molecule is CC(C)c1ccc2sc(N)nc2n1. The number of rotatable bonds is 1. The van der Waals surface area contributed by atoms with Gasteiger partial charge in [0.25, 0.3) is 0 Å². The predicted molar refractivity (Wildman–Crippen MR) is 55.9 cm³/mol. The molecule has 0 unspecified atom stereocenters. The maximum atomic E-state index is 5.58. The first-order valence-electron chi connectivity index (χ1n) is 4.20. The van der Waals surface area contributed by atoms with Crippen LogP contribution in [0.2, 0.25) is 0 Å². The molecule has 2 heterocycles. The van der Waals surface area contributed by atoms with Crippen molar-refractivity contribution in [3.05, 3.63) is 17.8 Å². The summed E-state index contributed by atoms with van der Waals surface area (Å²) in [5.74, 6) is 0.437. The number of aromatic nitrogens is 2. The van der Waals surface area contributed by atoms with Gasteiger partial charge in [-0.05, 0) is 18.1 Å². The van der Waals surface area contributed by atoms with Gasteiger partial charge in [-0.1, -0.05) is 25.2 Å². The molecule has 0 bridgehead atoms. The summed E-state index contributed by atoms with van der Waals surface area (Å²) < 4.78 is 1.06. The molecule has 13 heavy (non-hydrogen) atoms. The zero-order valence-corrected chi connectivity index (χ0v) is 8.43. The number of hydrogen-bond donors (Lipinski definition) is 1. The Kier molecular flexibility index (Phi) is 1.92. The summed E-state index contributed by atoms with van der Waals surface area (Å²) in [5, 5.41) is 0.586. The summed E-state index contributed by atoms with van der Waals surface area (Å²) in [6.45, 7) is 4.23. The normalized spacial score (nSPS) is 11.3. The molecule has 0 aromatic carbocycles. The standard InChI is InChI=1S/C9H11N3S/c1-5(2)6-3-4-7-8(11-6)12-9(10)13-7/h3-5H,1-2H3,(H2,10,11,12). The van der Waals surface area contributed by atoms with Crippen LogP contribution in [-0.2, 0) is 0 Å². The Labute approximate surface area is 80.6 Å². The third-order valence-corrected chi connectivity index (χ3v) is 2.72. The largest absolute Gasteiger partial charge is 0.375 e. The maximum absolute atomic E-state index is 5.58. The smallest absolute Gasteiger partial charge is 0.182 e. The summed E-state index contributed by atoms with van der Waals surface area (Å²) in [4.78, 5) is 8.56. The fourth-order valence-corrected chi connectivity index (χ4v) is 1.85. The second-order valence-electron chi connectivity index (χ2n) is 3.26. The zero-order valence-electron chi connectivity index (χ0n) is 7.61. The highest BCUT2D eigenvalue weighted by atomic mass is 32.1. The minimum Gasteiger partial charge on any atom is -0.375 e. The minimum absolute atomic E-state index is 0.437. The van der Waals surface area contributed by atoms with E-state index in [4.69, 9.17) is 5.73 Å². The molecule has 0 saturated heterocycles. The molecule has 2 aromatic heterocycles. The quantitative estimate of drug-likeness (QED) is 0.756. The van der Waals surface area contributed by atoms with Crippen LogP contribution in [0.15, 0.2) is 12.1 Å². The Morgan fingerprint density at radius 2 is 2.08 bits per heavy atom.